The summed E-state index contributed by atoms with van der Waals surface area (Å²) < 4.78 is 42.3. The normalized spacial score (nSPS) is 14.2. The van der Waals surface area contributed by atoms with E-state index in [1.165, 1.54) is 6.92 Å². The summed E-state index contributed by atoms with van der Waals surface area (Å²) >= 11 is 0. The van der Waals surface area contributed by atoms with Crippen molar-refractivity contribution >= 4 is 11.7 Å². The molecule has 1 aromatic rings. The molecule has 1 rings (SSSR count). The molecule has 128 valence electrons. The highest BCUT2D eigenvalue weighted by molar-refractivity contribution is 5.70. The van der Waals surface area contributed by atoms with E-state index in [1.807, 2.05) is 0 Å². The third-order valence-electron chi connectivity index (χ3n) is 2.92. The van der Waals surface area contributed by atoms with Crippen LogP contribution in [-0.4, -0.2) is 33.8 Å². The number of carbonyl (C=O) groups excluding carboxylic acids is 1. The minimum absolute atomic E-state index is 0.0298. The number of nitro benzene ring substituents is 1. The van der Waals surface area contributed by atoms with Crippen LogP contribution in [0.2, 0.25) is 0 Å². The second-order valence-electron chi connectivity index (χ2n) is 4.55. The van der Waals surface area contributed by atoms with Gasteiger partial charge in [-0.05, 0) is 19.1 Å². The Kier molecular flexibility index (Phi) is 6.05. The lowest BCUT2D eigenvalue weighted by molar-refractivity contribution is -0.386. The molecule has 0 spiro atoms. The number of esters is 1. The molecule has 0 aromatic heterocycles. The first-order chi connectivity index (χ1) is 10.6. The van der Waals surface area contributed by atoms with Gasteiger partial charge < -0.3 is 14.9 Å². The number of nitrogens with zero attached hydrogens (tertiary/aromatic N) is 1. The monoisotopic (exact) mass is 337 g/mol. The van der Waals surface area contributed by atoms with Gasteiger partial charge in [-0.1, -0.05) is 0 Å². The van der Waals surface area contributed by atoms with Crippen molar-refractivity contribution in [1.82, 2.24) is 0 Å². The van der Waals surface area contributed by atoms with Gasteiger partial charge in [0.1, 0.15) is 6.10 Å². The summed E-state index contributed by atoms with van der Waals surface area (Å²) in [5, 5.41) is 30.5. The maximum atomic E-state index is 12.6. The number of alkyl halides is 3. The second-order valence-corrected chi connectivity index (χ2v) is 4.55. The molecule has 2 atom stereocenters. The average molecular weight is 337 g/mol. The van der Waals surface area contributed by atoms with Crippen molar-refractivity contribution in [2.24, 2.45) is 0 Å². The molecule has 0 amide bonds. The molecule has 1 aromatic carbocycles. The Bertz CT molecular complexity index is 590. The van der Waals surface area contributed by atoms with Crippen molar-refractivity contribution in [2.45, 2.75) is 31.7 Å². The van der Waals surface area contributed by atoms with Crippen LogP contribution < -0.4 is 0 Å². The van der Waals surface area contributed by atoms with Gasteiger partial charge in [-0.2, -0.15) is 13.2 Å². The Labute approximate surface area is 128 Å². The molecular weight excluding hydrogens is 323 g/mol. The van der Waals surface area contributed by atoms with Crippen LogP contribution in [0.4, 0.5) is 18.9 Å². The lowest BCUT2D eigenvalue weighted by Crippen LogP contribution is -2.24. The first-order valence-corrected chi connectivity index (χ1v) is 6.45. The van der Waals surface area contributed by atoms with E-state index in [4.69, 9.17) is 0 Å². The van der Waals surface area contributed by atoms with Crippen molar-refractivity contribution in [3.8, 4) is 0 Å². The molecule has 0 aliphatic heterocycles. The molecule has 10 heteroatoms. The Morgan fingerprint density at radius 2 is 2.00 bits per heavy atom. The van der Waals surface area contributed by atoms with Crippen LogP contribution in [0, 0.1) is 10.1 Å². The number of carbonyl (C=O) groups is 1. The first-order valence-electron chi connectivity index (χ1n) is 6.45. The molecule has 2 N–H and O–H groups in total. The van der Waals surface area contributed by atoms with Crippen LogP contribution in [0.3, 0.4) is 0 Å². The van der Waals surface area contributed by atoms with Gasteiger partial charge in [0.05, 0.1) is 35.2 Å². The molecule has 0 aliphatic carbocycles. The number of ether oxygens (including phenoxy) is 1. The predicted octanol–water partition coefficient (Wildman–Crippen LogP) is 1.96. The molecule has 0 aliphatic rings. The molecule has 0 heterocycles. The van der Waals surface area contributed by atoms with Crippen molar-refractivity contribution in [1.29, 1.82) is 0 Å². The highest BCUT2D eigenvalue weighted by Gasteiger charge is 2.35. The Morgan fingerprint density at radius 1 is 1.39 bits per heavy atom. The maximum Gasteiger partial charge on any atom is 0.416 e. The zero-order valence-corrected chi connectivity index (χ0v) is 11.9. The molecule has 7 nitrogen and oxygen atoms in total. The van der Waals surface area contributed by atoms with Gasteiger partial charge in [-0.25, -0.2) is 0 Å². The summed E-state index contributed by atoms with van der Waals surface area (Å²) in [6.07, 6.45) is -9.13. The lowest BCUT2D eigenvalue weighted by atomic mass is 9.98. The van der Waals surface area contributed by atoms with Crippen molar-refractivity contribution in [3.63, 3.8) is 0 Å². The SMILES string of the molecule is CCOC(=O)CC(O)C(O)c1ccc(C(F)(F)F)cc1[N+](=O)[O-]. The smallest absolute Gasteiger partial charge is 0.416 e. The fraction of sp³-hybridized carbons (Fsp3) is 0.462. The molecule has 0 bridgehead atoms. The number of hydrogen-bond acceptors (Lipinski definition) is 6. The quantitative estimate of drug-likeness (QED) is 0.466. The Balaban J connectivity index is 3.11. The van der Waals surface area contributed by atoms with E-state index in [1.54, 1.807) is 0 Å². The highest BCUT2D eigenvalue weighted by Crippen LogP contribution is 2.35. The van der Waals surface area contributed by atoms with Crippen molar-refractivity contribution in [2.75, 3.05) is 6.61 Å². The highest BCUT2D eigenvalue weighted by atomic mass is 19.4. The summed E-state index contributed by atoms with van der Waals surface area (Å²) in [5.74, 6) is -0.853. The van der Waals surface area contributed by atoms with Crippen molar-refractivity contribution < 1.29 is 37.8 Å². The predicted molar refractivity (Wildman–Crippen MR) is 70.3 cm³/mol. The molecule has 2 unspecified atom stereocenters. The fourth-order valence-electron chi connectivity index (χ4n) is 1.84. The fourth-order valence-corrected chi connectivity index (χ4v) is 1.84. The minimum Gasteiger partial charge on any atom is -0.466 e. The van der Waals surface area contributed by atoms with Gasteiger partial charge in [0.25, 0.3) is 5.69 Å². The lowest BCUT2D eigenvalue weighted by Gasteiger charge is -2.18. The van der Waals surface area contributed by atoms with E-state index in [9.17, 15) is 38.3 Å². The number of hydrogen-bond donors (Lipinski definition) is 2. The van der Waals surface area contributed by atoms with Crippen LogP contribution in [0.15, 0.2) is 18.2 Å². The van der Waals surface area contributed by atoms with Crippen LogP contribution in [-0.2, 0) is 15.7 Å². The summed E-state index contributed by atoms with van der Waals surface area (Å²) in [6, 6.07) is 1.50. The van der Waals surface area contributed by atoms with E-state index >= 15 is 0 Å². The van der Waals surface area contributed by atoms with Crippen LogP contribution >= 0.6 is 0 Å². The molecule has 0 radical (unpaired) electrons. The standard InChI is InChI=1S/C13H14F3NO6/c1-2-23-11(19)6-10(18)12(20)8-4-3-7(13(14,15)16)5-9(8)17(21)22/h3-5,10,12,18,20H,2,6H2,1H3. The van der Waals surface area contributed by atoms with E-state index in [0.717, 1.165) is 0 Å². The van der Waals surface area contributed by atoms with Gasteiger partial charge in [0.15, 0.2) is 0 Å². The summed E-state index contributed by atoms with van der Waals surface area (Å²) in [4.78, 5) is 21.0. The minimum atomic E-state index is -4.79. The Morgan fingerprint density at radius 3 is 2.48 bits per heavy atom. The molecule has 0 saturated heterocycles. The van der Waals surface area contributed by atoms with Gasteiger partial charge in [0.2, 0.25) is 0 Å². The number of benzene rings is 1. The number of aliphatic hydroxyl groups excluding tert-OH is 2. The van der Waals surface area contributed by atoms with Gasteiger partial charge in [-0.15, -0.1) is 0 Å². The van der Waals surface area contributed by atoms with E-state index in [0.29, 0.717) is 12.1 Å². The third-order valence-corrected chi connectivity index (χ3v) is 2.92. The molecular formula is C13H14F3NO6. The maximum absolute atomic E-state index is 12.6. The second kappa shape index (κ2) is 7.38. The van der Waals surface area contributed by atoms with E-state index < -0.39 is 52.5 Å². The Hall–Kier alpha value is -2.20. The van der Waals surface area contributed by atoms with E-state index in [-0.39, 0.29) is 12.7 Å². The summed E-state index contributed by atoms with van der Waals surface area (Å²) in [5.41, 5.74) is -2.80. The topological polar surface area (TPSA) is 110 Å². The average Bonchev–Trinajstić information content (AvgIpc) is 2.44. The number of aliphatic hydroxyl groups is 2. The first kappa shape index (κ1) is 18.8. The summed E-state index contributed by atoms with van der Waals surface area (Å²) in [7, 11) is 0. The summed E-state index contributed by atoms with van der Waals surface area (Å²) in [6.45, 7) is 1.55. The molecule has 0 fully saturated rings. The van der Waals surface area contributed by atoms with Crippen LogP contribution in [0.1, 0.15) is 30.6 Å². The van der Waals surface area contributed by atoms with Gasteiger partial charge in [-0.3, -0.25) is 14.9 Å². The zero-order chi connectivity index (χ0) is 17.8. The third kappa shape index (κ3) is 4.89. The van der Waals surface area contributed by atoms with Crippen molar-refractivity contribution in [3.05, 3.63) is 39.4 Å². The number of halogens is 3. The van der Waals surface area contributed by atoms with E-state index in [2.05, 4.69) is 4.74 Å². The zero-order valence-electron chi connectivity index (χ0n) is 11.9. The molecule has 0 saturated carbocycles. The number of rotatable bonds is 6. The largest absolute Gasteiger partial charge is 0.466 e. The number of nitro groups is 1. The van der Waals surface area contributed by atoms with Crippen LogP contribution in [0.25, 0.3) is 0 Å². The van der Waals surface area contributed by atoms with Crippen LogP contribution in [0.5, 0.6) is 0 Å². The van der Waals surface area contributed by atoms with Gasteiger partial charge >= 0.3 is 12.1 Å². The van der Waals surface area contributed by atoms with Gasteiger partial charge in [0, 0.05) is 6.07 Å². The molecule has 23 heavy (non-hydrogen) atoms.